The van der Waals surface area contributed by atoms with Crippen molar-refractivity contribution in [2.45, 2.75) is 17.6 Å². The van der Waals surface area contributed by atoms with Crippen LogP contribution in [0.15, 0.2) is 77.7 Å². The quantitative estimate of drug-likeness (QED) is 0.354. The predicted molar refractivity (Wildman–Crippen MR) is 138 cm³/mol. The molecule has 0 atom stereocenters. The number of carbonyl (C=O) groups excluding carboxylic acids is 1. The molecule has 3 aromatic rings. The molecule has 33 heavy (non-hydrogen) atoms. The van der Waals surface area contributed by atoms with Crippen molar-refractivity contribution in [1.82, 2.24) is 5.32 Å². The molecule has 0 bridgehead atoms. The monoisotopic (exact) mass is 522 g/mol. The van der Waals surface area contributed by atoms with Crippen molar-refractivity contribution in [2.24, 2.45) is 0 Å². The van der Waals surface area contributed by atoms with Crippen LogP contribution in [0.5, 0.6) is 0 Å². The molecule has 0 heterocycles. The molecule has 0 aromatic heterocycles. The summed E-state index contributed by atoms with van der Waals surface area (Å²) in [7, 11) is -3.99. The number of rotatable bonds is 10. The molecule has 0 aliphatic rings. The first kappa shape index (κ1) is 25.4. The Balaban J connectivity index is 1.65. The Hall–Kier alpha value is -2.19. The van der Waals surface area contributed by atoms with Crippen molar-refractivity contribution in [2.75, 3.05) is 23.1 Å². The van der Waals surface area contributed by atoms with E-state index in [9.17, 15) is 13.2 Å². The van der Waals surface area contributed by atoms with Crippen LogP contribution in [0.3, 0.4) is 0 Å². The Morgan fingerprint density at radius 1 is 0.970 bits per heavy atom. The van der Waals surface area contributed by atoms with Gasteiger partial charge in [0.25, 0.3) is 10.0 Å². The van der Waals surface area contributed by atoms with Gasteiger partial charge in [-0.3, -0.25) is 9.10 Å². The van der Waals surface area contributed by atoms with Crippen molar-refractivity contribution >= 4 is 56.6 Å². The second-order valence-electron chi connectivity index (χ2n) is 7.31. The van der Waals surface area contributed by atoms with E-state index in [0.29, 0.717) is 17.3 Å². The zero-order valence-electron chi connectivity index (χ0n) is 18.0. The van der Waals surface area contributed by atoms with E-state index in [1.165, 1.54) is 12.1 Å². The van der Waals surface area contributed by atoms with Gasteiger partial charge in [0.2, 0.25) is 5.91 Å². The van der Waals surface area contributed by atoms with Gasteiger partial charge in [0.05, 0.1) is 15.6 Å². The van der Waals surface area contributed by atoms with E-state index in [-0.39, 0.29) is 22.2 Å². The Bertz CT molecular complexity index is 1190. The number of nitrogens with one attached hydrogen (secondary N) is 1. The van der Waals surface area contributed by atoms with Crippen LogP contribution >= 0.6 is 35.0 Å². The summed E-state index contributed by atoms with van der Waals surface area (Å²) < 4.78 is 27.8. The number of nitrogens with zero attached hydrogens (tertiary/aromatic N) is 1. The molecule has 0 aliphatic carbocycles. The highest BCUT2D eigenvalue weighted by Crippen LogP contribution is 2.30. The lowest BCUT2D eigenvalue weighted by atomic mass is 10.2. The summed E-state index contributed by atoms with van der Waals surface area (Å²) in [6, 6.07) is 20.7. The SMILES string of the molecule is Cc1ccc(S(=O)(=O)N(CC(=O)NCCSCc2ccc(Cl)cc2)c2ccccc2Cl)cc1. The van der Waals surface area contributed by atoms with Gasteiger partial charge >= 0.3 is 0 Å². The molecule has 3 aromatic carbocycles. The van der Waals surface area contributed by atoms with Gasteiger partial charge in [0.15, 0.2) is 0 Å². The molecular formula is C24H24Cl2N2O3S2. The third-order valence-corrected chi connectivity index (χ3v) is 8.14. The summed E-state index contributed by atoms with van der Waals surface area (Å²) in [4.78, 5) is 12.8. The summed E-state index contributed by atoms with van der Waals surface area (Å²) in [6.07, 6.45) is 0. The first-order chi connectivity index (χ1) is 15.8. The van der Waals surface area contributed by atoms with Crippen LogP contribution in [-0.4, -0.2) is 33.2 Å². The van der Waals surface area contributed by atoms with Gasteiger partial charge in [-0.05, 0) is 48.9 Å². The Kier molecular flexibility index (Phi) is 9.09. The molecule has 0 unspecified atom stereocenters. The number of para-hydroxylation sites is 1. The predicted octanol–water partition coefficient (Wildman–Crippen LogP) is 5.55. The summed E-state index contributed by atoms with van der Waals surface area (Å²) in [6.45, 7) is 1.92. The van der Waals surface area contributed by atoms with Crippen LogP contribution < -0.4 is 9.62 Å². The molecule has 0 saturated carbocycles. The summed E-state index contributed by atoms with van der Waals surface area (Å²) in [5, 5.41) is 3.74. The van der Waals surface area contributed by atoms with Crippen LogP contribution in [-0.2, 0) is 20.6 Å². The Labute approximate surface area is 209 Å². The van der Waals surface area contributed by atoms with Crippen LogP contribution in [0.1, 0.15) is 11.1 Å². The highest BCUT2D eigenvalue weighted by atomic mass is 35.5. The molecule has 0 spiro atoms. The summed E-state index contributed by atoms with van der Waals surface area (Å²) >= 11 is 13.8. The number of carbonyl (C=O) groups is 1. The van der Waals surface area contributed by atoms with E-state index in [1.807, 2.05) is 31.2 Å². The maximum Gasteiger partial charge on any atom is 0.264 e. The van der Waals surface area contributed by atoms with Crippen molar-refractivity contribution in [1.29, 1.82) is 0 Å². The van der Waals surface area contributed by atoms with Gasteiger partial charge in [0.1, 0.15) is 6.54 Å². The van der Waals surface area contributed by atoms with E-state index in [0.717, 1.165) is 21.2 Å². The molecule has 1 N–H and O–H groups in total. The second-order valence-corrected chi connectivity index (χ2v) is 11.1. The van der Waals surface area contributed by atoms with E-state index in [4.69, 9.17) is 23.2 Å². The molecule has 3 rings (SSSR count). The molecule has 0 saturated heterocycles. The highest BCUT2D eigenvalue weighted by molar-refractivity contribution is 7.98. The average Bonchev–Trinajstić information content (AvgIpc) is 2.79. The van der Waals surface area contributed by atoms with Gasteiger partial charge in [-0.15, -0.1) is 0 Å². The number of hydrogen-bond donors (Lipinski definition) is 1. The largest absolute Gasteiger partial charge is 0.354 e. The van der Waals surface area contributed by atoms with Crippen LogP contribution in [0.4, 0.5) is 5.69 Å². The van der Waals surface area contributed by atoms with Crippen molar-refractivity contribution in [3.8, 4) is 0 Å². The first-order valence-electron chi connectivity index (χ1n) is 10.2. The maximum absolute atomic E-state index is 13.4. The third kappa shape index (κ3) is 7.14. The molecule has 0 radical (unpaired) electrons. The van der Waals surface area contributed by atoms with Gasteiger partial charge in [-0.1, -0.05) is 65.2 Å². The topological polar surface area (TPSA) is 66.5 Å². The number of aryl methyl sites for hydroxylation is 1. The van der Waals surface area contributed by atoms with Gasteiger partial charge in [-0.2, -0.15) is 11.8 Å². The minimum atomic E-state index is -3.99. The molecule has 5 nitrogen and oxygen atoms in total. The van der Waals surface area contributed by atoms with E-state index < -0.39 is 15.9 Å². The molecule has 9 heteroatoms. The smallest absolute Gasteiger partial charge is 0.264 e. The average molecular weight is 524 g/mol. The number of benzene rings is 3. The van der Waals surface area contributed by atoms with Gasteiger partial charge in [0, 0.05) is 23.1 Å². The number of sulfonamides is 1. The fourth-order valence-electron chi connectivity index (χ4n) is 3.01. The second kappa shape index (κ2) is 11.8. The number of anilines is 1. The fraction of sp³-hybridized carbons (Fsp3) is 0.208. The minimum Gasteiger partial charge on any atom is -0.354 e. The lowest BCUT2D eigenvalue weighted by Crippen LogP contribution is -2.41. The lowest BCUT2D eigenvalue weighted by Gasteiger charge is -2.25. The number of hydrogen-bond acceptors (Lipinski definition) is 4. The van der Waals surface area contributed by atoms with Gasteiger partial charge in [-0.25, -0.2) is 8.42 Å². The fourth-order valence-corrected chi connectivity index (χ4v) is 5.68. The summed E-state index contributed by atoms with van der Waals surface area (Å²) in [5.74, 6) is 1.07. The van der Waals surface area contributed by atoms with Crippen LogP contribution in [0, 0.1) is 6.92 Å². The highest BCUT2D eigenvalue weighted by Gasteiger charge is 2.28. The van der Waals surface area contributed by atoms with Crippen LogP contribution in [0.2, 0.25) is 10.0 Å². The van der Waals surface area contributed by atoms with Crippen LogP contribution in [0.25, 0.3) is 0 Å². The zero-order chi connectivity index (χ0) is 23.8. The number of thioether (sulfide) groups is 1. The normalized spacial score (nSPS) is 11.2. The Morgan fingerprint density at radius 2 is 1.64 bits per heavy atom. The standard InChI is InChI=1S/C24H24Cl2N2O3S2/c1-18-6-12-21(13-7-18)33(30,31)28(23-5-3-2-4-22(23)26)16-24(29)27-14-15-32-17-19-8-10-20(25)11-9-19/h2-13H,14-17H2,1H3,(H,27,29). The first-order valence-corrected chi connectivity index (χ1v) is 13.6. The van der Waals surface area contributed by atoms with E-state index in [2.05, 4.69) is 5.32 Å². The molecule has 0 fully saturated rings. The lowest BCUT2D eigenvalue weighted by molar-refractivity contribution is -0.119. The number of amides is 1. The Morgan fingerprint density at radius 3 is 2.30 bits per heavy atom. The van der Waals surface area contributed by atoms with Gasteiger partial charge < -0.3 is 5.32 Å². The zero-order valence-corrected chi connectivity index (χ0v) is 21.1. The minimum absolute atomic E-state index is 0.0966. The molecule has 0 aliphatic heterocycles. The summed E-state index contributed by atoms with van der Waals surface area (Å²) in [5.41, 5.74) is 2.34. The maximum atomic E-state index is 13.4. The molecule has 174 valence electrons. The van der Waals surface area contributed by atoms with Crippen molar-refractivity contribution in [3.05, 3.63) is 94.0 Å². The third-order valence-electron chi connectivity index (χ3n) is 4.77. The number of halogens is 2. The van der Waals surface area contributed by atoms with E-state index >= 15 is 0 Å². The van der Waals surface area contributed by atoms with E-state index in [1.54, 1.807) is 48.2 Å². The molecular weight excluding hydrogens is 499 g/mol. The molecule has 1 amide bonds. The van der Waals surface area contributed by atoms with Crippen molar-refractivity contribution < 1.29 is 13.2 Å². The van der Waals surface area contributed by atoms with Crippen molar-refractivity contribution in [3.63, 3.8) is 0 Å².